The maximum Gasteiger partial charge on any atom is 0.230 e. The number of aromatic nitrogens is 2. The van der Waals surface area contributed by atoms with Gasteiger partial charge in [-0.05, 0) is 17.7 Å². The number of ether oxygens (including phenoxy) is 2. The van der Waals surface area contributed by atoms with Crippen molar-refractivity contribution in [2.24, 2.45) is 11.8 Å². The third-order valence-corrected chi connectivity index (χ3v) is 6.29. The van der Waals surface area contributed by atoms with Crippen LogP contribution in [0.2, 0.25) is 0 Å². The number of aromatic amines is 1. The molecule has 2 fully saturated rings. The van der Waals surface area contributed by atoms with Gasteiger partial charge in [0.1, 0.15) is 17.2 Å². The molecule has 2 aromatic rings. The van der Waals surface area contributed by atoms with Crippen molar-refractivity contribution >= 4 is 11.8 Å². The number of fused-ring (bicyclic) bond motifs is 1. The predicted molar refractivity (Wildman–Crippen MR) is 107 cm³/mol. The highest BCUT2D eigenvalue weighted by molar-refractivity contribution is 5.93. The molecule has 0 radical (unpaired) electrons. The number of hydrogen-bond donors (Lipinski definition) is 1. The summed E-state index contributed by atoms with van der Waals surface area (Å²) >= 11 is 0. The number of methoxy groups -OCH3 is 1. The average molecular weight is 408 g/mol. The SMILES string of the molecule is COc1cccc(CN2C[C@]34C=C[C@H](O3)[C@@H](C(=O)N(C)Cc3ncc[nH]3)[C@H]4C2=O)c1. The van der Waals surface area contributed by atoms with E-state index in [1.165, 1.54) is 0 Å². The number of amides is 2. The van der Waals surface area contributed by atoms with Gasteiger partial charge >= 0.3 is 0 Å². The number of imidazole rings is 1. The number of hydrogen-bond acceptors (Lipinski definition) is 5. The van der Waals surface area contributed by atoms with Crippen LogP contribution in [0.5, 0.6) is 5.75 Å². The van der Waals surface area contributed by atoms with E-state index in [9.17, 15) is 9.59 Å². The quantitative estimate of drug-likeness (QED) is 0.730. The van der Waals surface area contributed by atoms with Crippen molar-refractivity contribution in [3.05, 3.63) is 60.2 Å². The van der Waals surface area contributed by atoms with Crippen molar-refractivity contribution in [2.75, 3.05) is 20.7 Å². The van der Waals surface area contributed by atoms with E-state index >= 15 is 0 Å². The van der Waals surface area contributed by atoms with Gasteiger partial charge < -0.3 is 24.3 Å². The molecule has 1 N–H and O–H groups in total. The molecule has 8 nitrogen and oxygen atoms in total. The zero-order chi connectivity index (χ0) is 20.9. The largest absolute Gasteiger partial charge is 0.497 e. The Morgan fingerprint density at radius 1 is 1.47 bits per heavy atom. The summed E-state index contributed by atoms with van der Waals surface area (Å²) in [6.45, 7) is 1.27. The molecule has 2 amide bonds. The minimum absolute atomic E-state index is 0.0329. The fourth-order valence-electron chi connectivity index (χ4n) is 4.93. The Bertz CT molecular complexity index is 1000. The van der Waals surface area contributed by atoms with Crippen LogP contribution in [0.4, 0.5) is 0 Å². The van der Waals surface area contributed by atoms with Crippen LogP contribution in [0.1, 0.15) is 11.4 Å². The Morgan fingerprint density at radius 3 is 3.10 bits per heavy atom. The molecule has 30 heavy (non-hydrogen) atoms. The number of carbonyl (C=O) groups is 2. The Kier molecular flexibility index (Phi) is 4.39. The first-order valence-corrected chi connectivity index (χ1v) is 10.0. The second-order valence-corrected chi connectivity index (χ2v) is 8.18. The minimum atomic E-state index is -0.716. The van der Waals surface area contributed by atoms with E-state index < -0.39 is 17.4 Å². The van der Waals surface area contributed by atoms with Gasteiger partial charge in [-0.15, -0.1) is 0 Å². The van der Waals surface area contributed by atoms with Crippen molar-refractivity contribution in [1.29, 1.82) is 0 Å². The molecule has 0 saturated carbocycles. The van der Waals surface area contributed by atoms with Crippen molar-refractivity contribution < 1.29 is 19.1 Å². The van der Waals surface area contributed by atoms with Gasteiger partial charge in [-0.3, -0.25) is 9.59 Å². The molecular formula is C22H24N4O4. The number of rotatable bonds is 6. The van der Waals surface area contributed by atoms with E-state index in [1.807, 2.05) is 36.4 Å². The highest BCUT2D eigenvalue weighted by Gasteiger charge is 2.67. The molecule has 0 aliphatic carbocycles. The van der Waals surface area contributed by atoms with Crippen LogP contribution in [0, 0.1) is 11.8 Å². The molecule has 2 bridgehead atoms. The number of benzene rings is 1. The van der Waals surface area contributed by atoms with E-state index in [-0.39, 0.29) is 17.9 Å². The van der Waals surface area contributed by atoms with E-state index in [4.69, 9.17) is 9.47 Å². The van der Waals surface area contributed by atoms with Gasteiger partial charge in [-0.2, -0.15) is 0 Å². The Balaban J connectivity index is 1.36. The Morgan fingerprint density at radius 2 is 2.33 bits per heavy atom. The summed E-state index contributed by atoms with van der Waals surface area (Å²) in [7, 11) is 3.36. The lowest BCUT2D eigenvalue weighted by Crippen LogP contribution is -2.44. The zero-order valence-corrected chi connectivity index (χ0v) is 16.9. The number of nitrogens with one attached hydrogen (secondary N) is 1. The van der Waals surface area contributed by atoms with Gasteiger partial charge in [-0.25, -0.2) is 4.98 Å². The molecule has 5 rings (SSSR count). The average Bonchev–Trinajstić information content (AvgIpc) is 3.51. The van der Waals surface area contributed by atoms with E-state index in [2.05, 4.69) is 9.97 Å². The van der Waals surface area contributed by atoms with E-state index in [0.717, 1.165) is 11.3 Å². The Labute approximate surface area is 174 Å². The summed E-state index contributed by atoms with van der Waals surface area (Å²) in [5.41, 5.74) is 0.266. The highest BCUT2D eigenvalue weighted by atomic mass is 16.5. The molecule has 3 aliphatic heterocycles. The van der Waals surface area contributed by atoms with E-state index in [0.29, 0.717) is 25.5 Å². The molecule has 4 heterocycles. The first-order valence-electron chi connectivity index (χ1n) is 10.0. The molecule has 2 saturated heterocycles. The summed E-state index contributed by atoms with van der Waals surface area (Å²) in [5, 5.41) is 0. The summed E-state index contributed by atoms with van der Waals surface area (Å²) in [5.74, 6) is 0.320. The molecule has 3 aliphatic rings. The second-order valence-electron chi connectivity index (χ2n) is 8.18. The number of H-pyrrole nitrogens is 1. The maximum absolute atomic E-state index is 13.4. The normalized spacial score (nSPS) is 28.8. The zero-order valence-electron chi connectivity index (χ0n) is 16.9. The van der Waals surface area contributed by atoms with Crippen LogP contribution in [0.15, 0.2) is 48.8 Å². The maximum atomic E-state index is 13.4. The Hall–Kier alpha value is -3.13. The van der Waals surface area contributed by atoms with Crippen LogP contribution in [0.3, 0.4) is 0 Å². The molecular weight excluding hydrogens is 384 g/mol. The third kappa shape index (κ3) is 2.90. The van der Waals surface area contributed by atoms with Gasteiger partial charge in [0.2, 0.25) is 11.8 Å². The van der Waals surface area contributed by atoms with Crippen molar-refractivity contribution in [3.8, 4) is 5.75 Å². The number of carbonyl (C=O) groups excluding carboxylic acids is 2. The van der Waals surface area contributed by atoms with Crippen LogP contribution < -0.4 is 4.74 Å². The van der Waals surface area contributed by atoms with Crippen LogP contribution >= 0.6 is 0 Å². The molecule has 8 heteroatoms. The lowest BCUT2D eigenvalue weighted by Gasteiger charge is -2.27. The van der Waals surface area contributed by atoms with Crippen LogP contribution in [-0.4, -0.2) is 64.0 Å². The first-order chi connectivity index (χ1) is 14.5. The van der Waals surface area contributed by atoms with Crippen LogP contribution in [-0.2, 0) is 27.4 Å². The standard InChI is InChI=1S/C22H24N4O4/c1-25(12-17-23-8-9-24-17)20(27)18-16-6-7-22(30-16)13-26(21(28)19(18)22)11-14-4-3-5-15(10-14)29-2/h3-10,16,18-19H,11-13H2,1-2H3,(H,23,24)/t16-,18+,19-,22-/m0/s1. The van der Waals surface area contributed by atoms with Gasteiger partial charge in [0, 0.05) is 26.0 Å². The summed E-state index contributed by atoms with van der Waals surface area (Å²) in [6, 6.07) is 7.67. The molecule has 4 atom stereocenters. The smallest absolute Gasteiger partial charge is 0.230 e. The van der Waals surface area contributed by atoms with Gasteiger partial charge in [0.05, 0.1) is 38.1 Å². The third-order valence-electron chi connectivity index (χ3n) is 6.29. The molecule has 156 valence electrons. The fraction of sp³-hybridized carbons (Fsp3) is 0.409. The molecule has 1 aromatic carbocycles. The monoisotopic (exact) mass is 408 g/mol. The van der Waals surface area contributed by atoms with Crippen molar-refractivity contribution in [2.45, 2.75) is 24.8 Å². The fourth-order valence-corrected chi connectivity index (χ4v) is 4.93. The lowest BCUT2D eigenvalue weighted by atomic mass is 9.76. The van der Waals surface area contributed by atoms with Crippen molar-refractivity contribution in [1.82, 2.24) is 19.8 Å². The number of likely N-dealkylation sites (tertiary alicyclic amines) is 1. The van der Waals surface area contributed by atoms with Crippen LogP contribution in [0.25, 0.3) is 0 Å². The van der Waals surface area contributed by atoms with Crippen molar-refractivity contribution in [3.63, 3.8) is 0 Å². The first kappa shape index (κ1) is 18.9. The highest BCUT2D eigenvalue weighted by Crippen LogP contribution is 2.52. The summed E-state index contributed by atoms with van der Waals surface area (Å²) < 4.78 is 11.5. The van der Waals surface area contributed by atoms with Gasteiger partial charge in [0.15, 0.2) is 0 Å². The lowest BCUT2D eigenvalue weighted by molar-refractivity contribution is -0.143. The van der Waals surface area contributed by atoms with Gasteiger partial charge in [0.25, 0.3) is 0 Å². The van der Waals surface area contributed by atoms with Gasteiger partial charge in [-0.1, -0.05) is 24.3 Å². The molecule has 1 aromatic heterocycles. The molecule has 0 unspecified atom stereocenters. The second kappa shape index (κ2) is 6.98. The minimum Gasteiger partial charge on any atom is -0.497 e. The molecule has 1 spiro atoms. The summed E-state index contributed by atoms with van der Waals surface area (Å²) in [6.07, 6.45) is 6.93. The topological polar surface area (TPSA) is 87.8 Å². The summed E-state index contributed by atoms with van der Waals surface area (Å²) in [4.78, 5) is 37.3. The predicted octanol–water partition coefficient (Wildman–Crippen LogP) is 1.36. The number of nitrogens with zero attached hydrogens (tertiary/aromatic N) is 3. The van der Waals surface area contributed by atoms with E-state index in [1.54, 1.807) is 36.4 Å².